The molecule has 1 amide bonds. The molecule has 0 aliphatic carbocycles. The molecule has 8 nitrogen and oxygen atoms in total. The van der Waals surface area contributed by atoms with Gasteiger partial charge in [0.25, 0.3) is 10.0 Å². The van der Waals surface area contributed by atoms with Crippen LogP contribution in [-0.4, -0.2) is 40.7 Å². The molecular weight excluding hydrogens is 516 g/mol. The average Bonchev–Trinajstić information content (AvgIpc) is 2.88. The van der Waals surface area contributed by atoms with Crippen LogP contribution >= 0.6 is 11.6 Å². The smallest absolute Gasteiger partial charge is 0.264 e. The first-order valence-electron chi connectivity index (χ1n) is 12.0. The lowest BCUT2D eigenvalue weighted by atomic mass is 10.2. The van der Waals surface area contributed by atoms with Gasteiger partial charge in [-0.05, 0) is 74.9 Å². The van der Waals surface area contributed by atoms with Crippen LogP contribution in [0.5, 0.6) is 17.2 Å². The second kappa shape index (κ2) is 13.2. The van der Waals surface area contributed by atoms with Crippen LogP contribution in [0.1, 0.15) is 26.3 Å². The van der Waals surface area contributed by atoms with Gasteiger partial charge in [-0.1, -0.05) is 29.8 Å². The maximum absolute atomic E-state index is 13.6. The van der Waals surface area contributed by atoms with Gasteiger partial charge in [0.2, 0.25) is 5.91 Å². The van der Waals surface area contributed by atoms with Gasteiger partial charge in [0.15, 0.2) is 11.5 Å². The zero-order valence-electron chi connectivity index (χ0n) is 21.1. The van der Waals surface area contributed by atoms with Gasteiger partial charge in [0.1, 0.15) is 12.3 Å². The SMILES string of the molecule is CCOc1ccc(CNC(=O)CN(c2ccccc2OCC)S(=O)(=O)c2ccc(Cl)cc2)cc1OCC. The molecule has 0 atom stereocenters. The number of rotatable bonds is 13. The summed E-state index contributed by atoms with van der Waals surface area (Å²) in [6.07, 6.45) is 0. The summed E-state index contributed by atoms with van der Waals surface area (Å²) in [6.45, 7) is 6.58. The quantitative estimate of drug-likeness (QED) is 0.322. The van der Waals surface area contributed by atoms with Crippen LogP contribution in [0.2, 0.25) is 5.02 Å². The van der Waals surface area contributed by atoms with E-state index in [2.05, 4.69) is 5.32 Å². The number of amides is 1. The maximum Gasteiger partial charge on any atom is 0.264 e. The van der Waals surface area contributed by atoms with E-state index in [4.69, 9.17) is 25.8 Å². The van der Waals surface area contributed by atoms with Crippen molar-refractivity contribution in [2.45, 2.75) is 32.2 Å². The van der Waals surface area contributed by atoms with Crippen molar-refractivity contribution in [3.63, 3.8) is 0 Å². The van der Waals surface area contributed by atoms with E-state index in [9.17, 15) is 13.2 Å². The van der Waals surface area contributed by atoms with E-state index < -0.39 is 22.5 Å². The van der Waals surface area contributed by atoms with E-state index in [0.717, 1.165) is 9.87 Å². The number of carbonyl (C=O) groups excluding carboxylic acids is 1. The van der Waals surface area contributed by atoms with Gasteiger partial charge in [-0.25, -0.2) is 8.42 Å². The van der Waals surface area contributed by atoms with Crippen molar-refractivity contribution in [1.29, 1.82) is 0 Å². The third-order valence-corrected chi connectivity index (χ3v) is 7.25. The van der Waals surface area contributed by atoms with E-state index in [1.807, 2.05) is 19.9 Å². The zero-order chi connectivity index (χ0) is 26.8. The number of sulfonamides is 1. The Morgan fingerprint density at radius 3 is 2.14 bits per heavy atom. The van der Waals surface area contributed by atoms with Crippen LogP contribution in [0.15, 0.2) is 71.6 Å². The highest BCUT2D eigenvalue weighted by atomic mass is 35.5. The van der Waals surface area contributed by atoms with Crippen molar-refractivity contribution in [2.75, 3.05) is 30.7 Å². The zero-order valence-corrected chi connectivity index (χ0v) is 22.6. The molecule has 0 bridgehead atoms. The number of para-hydroxylation sites is 2. The fraction of sp³-hybridized carbons (Fsp3) is 0.296. The molecule has 10 heteroatoms. The van der Waals surface area contributed by atoms with Gasteiger partial charge in [-0.3, -0.25) is 9.10 Å². The van der Waals surface area contributed by atoms with Gasteiger partial charge in [-0.15, -0.1) is 0 Å². The molecule has 3 aromatic rings. The second-order valence-corrected chi connectivity index (χ2v) is 10.1. The summed E-state index contributed by atoms with van der Waals surface area (Å²) in [5.41, 5.74) is 1.04. The lowest BCUT2D eigenvalue weighted by Crippen LogP contribution is -2.40. The lowest BCUT2D eigenvalue weighted by Gasteiger charge is -2.26. The summed E-state index contributed by atoms with van der Waals surface area (Å²) in [6, 6.07) is 17.9. The molecule has 0 heterocycles. The number of hydrogen-bond acceptors (Lipinski definition) is 6. The lowest BCUT2D eigenvalue weighted by molar-refractivity contribution is -0.119. The second-order valence-electron chi connectivity index (χ2n) is 7.79. The van der Waals surface area contributed by atoms with E-state index in [-0.39, 0.29) is 17.1 Å². The van der Waals surface area contributed by atoms with Crippen molar-refractivity contribution in [2.24, 2.45) is 0 Å². The number of benzene rings is 3. The number of carbonyl (C=O) groups is 1. The summed E-state index contributed by atoms with van der Waals surface area (Å²) in [5, 5.41) is 3.20. The Labute approximate surface area is 223 Å². The van der Waals surface area contributed by atoms with Crippen LogP contribution in [0.4, 0.5) is 5.69 Å². The first-order valence-corrected chi connectivity index (χ1v) is 13.8. The summed E-state index contributed by atoms with van der Waals surface area (Å²) in [4.78, 5) is 13.0. The molecule has 3 aromatic carbocycles. The molecule has 0 aromatic heterocycles. The predicted octanol–water partition coefficient (Wildman–Crippen LogP) is 5.05. The molecule has 0 spiro atoms. The largest absolute Gasteiger partial charge is 0.492 e. The topological polar surface area (TPSA) is 94.2 Å². The predicted molar refractivity (Wildman–Crippen MR) is 144 cm³/mol. The summed E-state index contributed by atoms with van der Waals surface area (Å²) < 4.78 is 45.2. The molecule has 3 rings (SSSR count). The van der Waals surface area contributed by atoms with Gasteiger partial charge >= 0.3 is 0 Å². The highest BCUT2D eigenvalue weighted by Crippen LogP contribution is 2.33. The minimum atomic E-state index is -4.12. The van der Waals surface area contributed by atoms with Gasteiger partial charge in [0.05, 0.1) is 30.4 Å². The third-order valence-electron chi connectivity index (χ3n) is 5.22. The molecule has 1 N–H and O–H groups in total. The molecular formula is C27H31ClN2O6S. The van der Waals surface area contributed by atoms with E-state index in [0.29, 0.717) is 42.1 Å². The minimum absolute atomic E-state index is 0.00358. The number of ether oxygens (including phenoxy) is 3. The summed E-state index contributed by atoms with van der Waals surface area (Å²) >= 11 is 5.96. The standard InChI is InChI=1S/C27H31ClN2O6S/c1-4-34-24-10-8-7-9-23(24)30(37(32,33)22-14-12-21(28)13-15-22)19-27(31)29-18-20-11-16-25(35-5-2)26(17-20)36-6-3/h7-17H,4-6,18-19H2,1-3H3,(H,29,31). The maximum atomic E-state index is 13.6. The Balaban J connectivity index is 1.86. The molecule has 0 fully saturated rings. The Morgan fingerprint density at radius 2 is 1.46 bits per heavy atom. The molecule has 198 valence electrons. The van der Waals surface area contributed by atoms with Crippen molar-refractivity contribution in [3.05, 3.63) is 77.3 Å². The van der Waals surface area contributed by atoms with Crippen LogP contribution in [0.25, 0.3) is 0 Å². The monoisotopic (exact) mass is 546 g/mol. The summed E-state index contributed by atoms with van der Waals surface area (Å²) in [5.74, 6) is 1.06. The number of hydrogen-bond donors (Lipinski definition) is 1. The Morgan fingerprint density at radius 1 is 0.838 bits per heavy atom. The van der Waals surface area contributed by atoms with Crippen molar-refractivity contribution < 1.29 is 27.4 Å². The number of nitrogens with zero attached hydrogens (tertiary/aromatic N) is 1. The molecule has 0 radical (unpaired) electrons. The average molecular weight is 547 g/mol. The van der Waals surface area contributed by atoms with Crippen LogP contribution in [0.3, 0.4) is 0 Å². The van der Waals surface area contributed by atoms with Gasteiger partial charge in [0, 0.05) is 11.6 Å². The van der Waals surface area contributed by atoms with Crippen LogP contribution in [-0.2, 0) is 21.4 Å². The molecule has 0 aliphatic heterocycles. The van der Waals surface area contributed by atoms with Gasteiger partial charge < -0.3 is 19.5 Å². The van der Waals surface area contributed by atoms with Crippen molar-refractivity contribution >= 4 is 33.2 Å². The van der Waals surface area contributed by atoms with E-state index >= 15 is 0 Å². The van der Waals surface area contributed by atoms with E-state index in [1.54, 1.807) is 43.3 Å². The van der Waals surface area contributed by atoms with Crippen LogP contribution in [0, 0.1) is 0 Å². The fourth-order valence-electron chi connectivity index (χ4n) is 3.57. The minimum Gasteiger partial charge on any atom is -0.492 e. The van der Waals surface area contributed by atoms with Gasteiger partial charge in [-0.2, -0.15) is 0 Å². The van der Waals surface area contributed by atoms with Crippen molar-refractivity contribution in [1.82, 2.24) is 5.32 Å². The normalized spacial score (nSPS) is 11.0. The Kier molecular flexibility index (Phi) is 10.0. The first kappa shape index (κ1) is 28.1. The first-order chi connectivity index (χ1) is 17.8. The van der Waals surface area contributed by atoms with E-state index in [1.165, 1.54) is 24.3 Å². The molecule has 0 saturated heterocycles. The molecule has 0 aliphatic rings. The number of halogens is 1. The highest BCUT2D eigenvalue weighted by molar-refractivity contribution is 7.92. The molecule has 0 unspecified atom stereocenters. The van der Waals surface area contributed by atoms with Crippen LogP contribution < -0.4 is 23.8 Å². The number of anilines is 1. The van der Waals surface area contributed by atoms with Crippen molar-refractivity contribution in [3.8, 4) is 17.2 Å². The fourth-order valence-corrected chi connectivity index (χ4v) is 5.12. The Hall–Kier alpha value is -3.43. The molecule has 0 saturated carbocycles. The Bertz CT molecular complexity index is 1300. The molecule has 37 heavy (non-hydrogen) atoms. The summed E-state index contributed by atoms with van der Waals surface area (Å²) in [7, 11) is -4.12. The highest BCUT2D eigenvalue weighted by Gasteiger charge is 2.29. The third kappa shape index (κ3) is 7.30. The number of nitrogens with one attached hydrogen (secondary N) is 1.